The van der Waals surface area contributed by atoms with Gasteiger partial charge in [0.25, 0.3) is 0 Å². The number of rotatable bonds is 11. The molecule has 4 atom stereocenters. The topological polar surface area (TPSA) is 139 Å². The van der Waals surface area contributed by atoms with Crippen LogP contribution in [0.3, 0.4) is 0 Å². The lowest BCUT2D eigenvalue weighted by molar-refractivity contribution is -0.144. The second-order valence-electron chi connectivity index (χ2n) is 16.2. The van der Waals surface area contributed by atoms with Gasteiger partial charge in [0.15, 0.2) is 0 Å². The fourth-order valence-corrected chi connectivity index (χ4v) is 9.89. The number of halogens is 7. The number of amides is 1. The number of ether oxygens (including phenoxy) is 2. The van der Waals surface area contributed by atoms with Crippen molar-refractivity contribution in [2.45, 2.75) is 82.0 Å². The predicted molar refractivity (Wildman–Crippen MR) is 214 cm³/mol. The van der Waals surface area contributed by atoms with Gasteiger partial charge in [0.1, 0.15) is 28.7 Å². The molecule has 2 aliphatic carbocycles. The summed E-state index contributed by atoms with van der Waals surface area (Å²) in [5.41, 5.74) is 1.05. The van der Waals surface area contributed by atoms with Gasteiger partial charge in [0, 0.05) is 54.7 Å². The number of hydrogen-bond acceptors (Lipinski definition) is 9. The van der Waals surface area contributed by atoms with Crippen molar-refractivity contribution in [3.05, 3.63) is 92.8 Å². The molecule has 3 aromatic carbocycles. The zero-order valence-electron chi connectivity index (χ0n) is 33.2. The number of carbonyl (C=O) groups excluding carboxylic acids is 1. The van der Waals surface area contributed by atoms with Crippen LogP contribution < -0.4 is 20.1 Å². The predicted octanol–water partition coefficient (Wildman–Crippen LogP) is 9.08. The minimum Gasteiger partial charge on any atom is -0.481 e. The fourth-order valence-electron chi connectivity index (χ4n) is 9.57. The number of nitrogens with zero attached hydrogens (tertiary/aromatic N) is 3. The second-order valence-corrected chi connectivity index (χ2v) is 16.5. The molecule has 2 fully saturated rings. The molecule has 2 aliphatic heterocycles. The number of carbonyl (C=O) groups is 2. The highest BCUT2D eigenvalue weighted by molar-refractivity contribution is 6.36. The van der Waals surface area contributed by atoms with Crippen molar-refractivity contribution in [2.75, 3.05) is 26.7 Å². The van der Waals surface area contributed by atoms with Crippen LogP contribution in [-0.4, -0.2) is 64.6 Å². The number of nitrogens with one attached hydrogen (secondary N) is 2. The summed E-state index contributed by atoms with van der Waals surface area (Å²) in [6.07, 6.45) is -7.78. The third-order valence-corrected chi connectivity index (χ3v) is 12.8. The van der Waals surface area contributed by atoms with Gasteiger partial charge in [-0.25, -0.2) is 4.98 Å². The summed E-state index contributed by atoms with van der Waals surface area (Å²) in [6, 6.07) is 13.1. The Morgan fingerprint density at radius 1 is 0.935 bits per heavy atom. The molecule has 0 spiro atoms. The number of aliphatic carboxylic acids is 1. The number of fused-ring (bicyclic) bond motifs is 3. The third kappa shape index (κ3) is 7.72. The Hall–Kier alpha value is -5.39. The van der Waals surface area contributed by atoms with Gasteiger partial charge >= 0.3 is 18.3 Å². The molecule has 2 aromatic heterocycles. The van der Waals surface area contributed by atoms with Crippen molar-refractivity contribution in [2.24, 2.45) is 5.92 Å². The SMILES string of the molecule is COc1nc(O[C@H]2CCc3c(-c4cccc(-c5cc6cc7c(c(C(F)(F)F)c6o5)CC[C@H]7N5CC[C@@H](C(=O)O)C5)c4Cl)cccc32)c(C(F)(F)F)nc1CNC[C@H]1CCC(=O)N1. The average Bonchev–Trinajstić information content (AvgIpc) is 4.07. The van der Waals surface area contributed by atoms with Gasteiger partial charge in [0.2, 0.25) is 23.4 Å². The summed E-state index contributed by atoms with van der Waals surface area (Å²) in [5, 5.41) is 15.8. The largest absolute Gasteiger partial charge is 0.481 e. The summed E-state index contributed by atoms with van der Waals surface area (Å²) < 4.78 is 106. The lowest BCUT2D eigenvalue weighted by Crippen LogP contribution is -2.35. The maximum Gasteiger partial charge on any atom is 0.438 e. The quantitative estimate of drug-likeness (QED) is 0.110. The van der Waals surface area contributed by atoms with Crippen LogP contribution >= 0.6 is 11.6 Å². The first-order valence-electron chi connectivity index (χ1n) is 20.3. The molecule has 5 aromatic rings. The molecule has 11 nitrogen and oxygen atoms in total. The first-order valence-corrected chi connectivity index (χ1v) is 20.7. The summed E-state index contributed by atoms with van der Waals surface area (Å²) >= 11 is 7.10. The third-order valence-electron chi connectivity index (χ3n) is 12.4. The number of carboxylic acid groups (broad SMARTS) is 1. The Balaban J connectivity index is 1.01. The van der Waals surface area contributed by atoms with E-state index >= 15 is 0 Å². The van der Waals surface area contributed by atoms with Crippen molar-refractivity contribution in [3.63, 3.8) is 0 Å². The number of furan rings is 1. The molecular formula is C44H40ClF6N5O6. The van der Waals surface area contributed by atoms with Gasteiger partial charge in [-0.2, -0.15) is 31.3 Å². The van der Waals surface area contributed by atoms with Gasteiger partial charge < -0.3 is 29.6 Å². The molecule has 18 heteroatoms. The number of carboxylic acids is 1. The molecular weight excluding hydrogens is 844 g/mol. The van der Waals surface area contributed by atoms with Crippen LogP contribution in [0.5, 0.6) is 11.8 Å². The van der Waals surface area contributed by atoms with E-state index in [0.29, 0.717) is 79.4 Å². The Labute approximate surface area is 355 Å². The lowest BCUT2D eigenvalue weighted by Gasteiger charge is -2.25. The van der Waals surface area contributed by atoms with Crippen molar-refractivity contribution in [3.8, 4) is 34.2 Å². The van der Waals surface area contributed by atoms with Gasteiger partial charge in [-0.05, 0) is 91.1 Å². The lowest BCUT2D eigenvalue weighted by atomic mass is 9.95. The molecule has 2 saturated heterocycles. The minimum absolute atomic E-state index is 0.0785. The van der Waals surface area contributed by atoms with Crippen LogP contribution in [0.2, 0.25) is 5.02 Å². The van der Waals surface area contributed by atoms with Crippen LogP contribution in [0.1, 0.15) is 83.5 Å². The van der Waals surface area contributed by atoms with Crippen LogP contribution in [0, 0.1) is 5.92 Å². The number of aromatic nitrogens is 2. The van der Waals surface area contributed by atoms with E-state index in [1.54, 1.807) is 42.5 Å². The molecule has 62 heavy (non-hydrogen) atoms. The monoisotopic (exact) mass is 883 g/mol. The van der Waals surface area contributed by atoms with Gasteiger partial charge in [-0.3, -0.25) is 14.5 Å². The highest BCUT2D eigenvalue weighted by Gasteiger charge is 2.44. The van der Waals surface area contributed by atoms with Crippen LogP contribution in [0.25, 0.3) is 33.4 Å². The molecule has 4 aliphatic rings. The van der Waals surface area contributed by atoms with Crippen LogP contribution in [0.4, 0.5) is 26.3 Å². The Kier molecular flexibility index (Phi) is 10.9. The van der Waals surface area contributed by atoms with Crippen LogP contribution in [-0.2, 0) is 41.3 Å². The van der Waals surface area contributed by atoms with E-state index in [2.05, 4.69) is 20.6 Å². The minimum atomic E-state index is -4.92. The second kappa shape index (κ2) is 16.1. The molecule has 0 radical (unpaired) electrons. The maximum atomic E-state index is 14.9. The average molecular weight is 884 g/mol. The number of hydrogen-bond donors (Lipinski definition) is 3. The summed E-state index contributed by atoms with van der Waals surface area (Å²) in [6.45, 7) is 0.961. The number of methoxy groups -OCH3 is 1. The molecule has 9 rings (SSSR count). The highest BCUT2D eigenvalue weighted by Crippen LogP contribution is 2.50. The zero-order chi connectivity index (χ0) is 43.7. The molecule has 3 N–H and O–H groups in total. The fraction of sp³-hybridized carbons (Fsp3) is 0.409. The molecule has 0 saturated carbocycles. The molecule has 4 heterocycles. The van der Waals surface area contributed by atoms with Gasteiger partial charge in [-0.1, -0.05) is 41.9 Å². The smallest absolute Gasteiger partial charge is 0.438 e. The summed E-state index contributed by atoms with van der Waals surface area (Å²) in [4.78, 5) is 33.2. The van der Waals surface area contributed by atoms with E-state index in [0.717, 1.165) is 5.56 Å². The summed E-state index contributed by atoms with van der Waals surface area (Å²) in [7, 11) is 1.27. The van der Waals surface area contributed by atoms with Crippen molar-refractivity contribution < 1.29 is 54.9 Å². The number of likely N-dealkylation sites (tertiary alicyclic amines) is 1. The zero-order valence-corrected chi connectivity index (χ0v) is 33.9. The highest BCUT2D eigenvalue weighted by atomic mass is 35.5. The van der Waals surface area contributed by atoms with E-state index in [9.17, 15) is 41.0 Å². The molecule has 0 unspecified atom stereocenters. The van der Waals surface area contributed by atoms with Crippen molar-refractivity contribution in [1.29, 1.82) is 0 Å². The first-order chi connectivity index (χ1) is 29.6. The Bertz CT molecular complexity index is 2600. The standard InChI is InChI=1S/C44H40ClF6N5O6/c1-60-40-31(19-52-18-23-8-13-35(57)53-23)54-39(44(49,50)51)41(55-40)62-33-12-10-25-24(4-2-5-26(25)33)28-6-3-7-29(37(28)45)34-17-22-16-30-27(36(38(22)61-34)43(46,47)48)9-11-32(30)56-15-14-21(20-56)42(58)59/h2-7,16-17,21,23,32-33,52H,8-15,18-20H2,1H3,(H,53,57)(H,58,59)/t21-,23-,32-,33+/m1/s1. The van der Waals surface area contributed by atoms with Gasteiger partial charge in [0.05, 0.1) is 18.1 Å². The van der Waals surface area contributed by atoms with Crippen molar-refractivity contribution in [1.82, 2.24) is 25.5 Å². The molecule has 0 bridgehead atoms. The Morgan fingerprint density at radius 2 is 1.69 bits per heavy atom. The van der Waals surface area contributed by atoms with Crippen molar-refractivity contribution >= 4 is 34.4 Å². The first kappa shape index (κ1) is 41.9. The van der Waals surface area contributed by atoms with E-state index in [1.807, 2.05) is 11.0 Å². The van der Waals surface area contributed by atoms with E-state index in [4.69, 9.17) is 25.5 Å². The normalized spacial score (nSPS) is 21.4. The van der Waals surface area contributed by atoms with E-state index in [-0.39, 0.29) is 76.4 Å². The maximum absolute atomic E-state index is 14.9. The van der Waals surface area contributed by atoms with E-state index < -0.39 is 47.5 Å². The molecule has 1 amide bonds. The molecule has 326 valence electrons. The number of alkyl halides is 6. The summed E-state index contributed by atoms with van der Waals surface area (Å²) in [5.74, 6) is -2.35. The number of benzene rings is 3. The Morgan fingerprint density at radius 3 is 2.40 bits per heavy atom. The van der Waals surface area contributed by atoms with Gasteiger partial charge in [-0.15, -0.1) is 0 Å². The van der Waals surface area contributed by atoms with E-state index in [1.165, 1.54) is 7.11 Å². The van der Waals surface area contributed by atoms with Crippen LogP contribution in [0.15, 0.2) is 52.9 Å².